The summed E-state index contributed by atoms with van der Waals surface area (Å²) in [5, 5.41) is 5.06. The molecule has 1 aromatic rings. The minimum Gasteiger partial charge on any atom is -0.464 e. The molecule has 0 saturated carbocycles. The highest BCUT2D eigenvalue weighted by atomic mass is 79.9. The van der Waals surface area contributed by atoms with Crippen LogP contribution in [-0.2, 0) is 25.5 Å². The lowest BCUT2D eigenvalue weighted by molar-refractivity contribution is -0.138. The number of hydrogen-bond acceptors (Lipinski definition) is 5. The SMILES string of the molecule is COC(=O)/C(NC(=O)C(Cc1ccccc1)NC(=O)OC(C)(C)C)=C(/C)Br. The Balaban J connectivity index is 3.01. The molecule has 7 nitrogen and oxygen atoms in total. The van der Waals surface area contributed by atoms with Crippen LogP contribution in [0.2, 0.25) is 0 Å². The van der Waals surface area contributed by atoms with Crippen LogP contribution in [0.15, 0.2) is 40.5 Å². The first-order chi connectivity index (χ1) is 12.5. The van der Waals surface area contributed by atoms with Crippen LogP contribution < -0.4 is 10.6 Å². The van der Waals surface area contributed by atoms with Crippen LogP contribution >= 0.6 is 15.9 Å². The van der Waals surface area contributed by atoms with Gasteiger partial charge in [-0.3, -0.25) is 4.79 Å². The van der Waals surface area contributed by atoms with Crippen molar-refractivity contribution in [2.45, 2.75) is 45.8 Å². The molecule has 0 aromatic heterocycles. The Morgan fingerprint density at radius 2 is 1.74 bits per heavy atom. The molecule has 1 atom stereocenters. The average molecular weight is 441 g/mol. The second kappa shape index (κ2) is 10.1. The number of allylic oxidation sites excluding steroid dienone is 1. The molecule has 0 heterocycles. The molecule has 0 spiro atoms. The minimum absolute atomic E-state index is 0.0356. The Hall–Kier alpha value is -2.35. The van der Waals surface area contributed by atoms with Crippen LogP contribution in [0, 0.1) is 0 Å². The van der Waals surface area contributed by atoms with Gasteiger partial charge in [0.05, 0.1) is 7.11 Å². The Bertz CT molecular complexity index is 707. The molecular weight excluding hydrogens is 416 g/mol. The van der Waals surface area contributed by atoms with E-state index in [0.29, 0.717) is 4.48 Å². The van der Waals surface area contributed by atoms with Gasteiger partial charge in [-0.05, 0) is 33.3 Å². The zero-order valence-corrected chi connectivity index (χ0v) is 17.7. The van der Waals surface area contributed by atoms with Crippen LogP contribution in [0.4, 0.5) is 4.79 Å². The molecule has 148 valence electrons. The maximum absolute atomic E-state index is 12.7. The van der Waals surface area contributed by atoms with E-state index in [1.54, 1.807) is 27.7 Å². The van der Waals surface area contributed by atoms with Gasteiger partial charge in [-0.25, -0.2) is 9.59 Å². The topological polar surface area (TPSA) is 93.7 Å². The number of methoxy groups -OCH3 is 1. The molecule has 0 fully saturated rings. The van der Waals surface area contributed by atoms with E-state index in [1.807, 2.05) is 30.3 Å². The van der Waals surface area contributed by atoms with Gasteiger partial charge in [-0.15, -0.1) is 0 Å². The largest absolute Gasteiger partial charge is 0.464 e. The third-order valence-electron chi connectivity index (χ3n) is 3.27. The first kappa shape index (κ1) is 22.7. The first-order valence-electron chi connectivity index (χ1n) is 8.32. The van der Waals surface area contributed by atoms with Crippen LogP contribution in [0.5, 0.6) is 0 Å². The predicted molar refractivity (Wildman–Crippen MR) is 105 cm³/mol. The smallest absolute Gasteiger partial charge is 0.408 e. The number of carbonyl (C=O) groups excluding carboxylic acids is 3. The zero-order chi connectivity index (χ0) is 20.6. The van der Waals surface area contributed by atoms with Gasteiger partial charge in [0.25, 0.3) is 0 Å². The van der Waals surface area contributed by atoms with Crippen LogP contribution in [0.25, 0.3) is 0 Å². The van der Waals surface area contributed by atoms with Gasteiger partial charge in [0.2, 0.25) is 5.91 Å². The van der Waals surface area contributed by atoms with Crippen molar-refractivity contribution in [3.8, 4) is 0 Å². The number of alkyl carbamates (subject to hydrolysis) is 1. The summed E-state index contributed by atoms with van der Waals surface area (Å²) in [6.45, 7) is 6.78. The predicted octanol–water partition coefficient (Wildman–Crippen LogP) is 3.04. The fourth-order valence-corrected chi connectivity index (χ4v) is 2.36. The molecule has 0 bridgehead atoms. The van der Waals surface area contributed by atoms with E-state index < -0.39 is 29.6 Å². The number of amides is 2. The summed E-state index contributed by atoms with van der Waals surface area (Å²) in [6, 6.07) is 8.24. The normalized spacial score (nSPS) is 13.1. The number of carbonyl (C=O) groups is 3. The lowest BCUT2D eigenvalue weighted by Crippen LogP contribution is -2.49. The summed E-state index contributed by atoms with van der Waals surface area (Å²) in [5.74, 6) is -1.27. The van der Waals surface area contributed by atoms with E-state index in [4.69, 9.17) is 4.74 Å². The summed E-state index contributed by atoms with van der Waals surface area (Å²) in [5.41, 5.74) is 0.0981. The van der Waals surface area contributed by atoms with Crippen molar-refractivity contribution in [2.75, 3.05) is 7.11 Å². The Morgan fingerprint density at radius 1 is 1.15 bits per heavy atom. The molecule has 2 amide bonds. The Labute approximate surface area is 167 Å². The van der Waals surface area contributed by atoms with E-state index in [0.717, 1.165) is 5.56 Å². The maximum atomic E-state index is 12.7. The molecule has 2 N–H and O–H groups in total. The van der Waals surface area contributed by atoms with Crippen molar-refractivity contribution < 1.29 is 23.9 Å². The summed E-state index contributed by atoms with van der Waals surface area (Å²) >= 11 is 3.17. The zero-order valence-electron chi connectivity index (χ0n) is 16.1. The van der Waals surface area contributed by atoms with Crippen molar-refractivity contribution in [3.63, 3.8) is 0 Å². The molecule has 1 rings (SSSR count). The number of hydrogen-bond donors (Lipinski definition) is 2. The maximum Gasteiger partial charge on any atom is 0.408 e. The third-order valence-corrected chi connectivity index (χ3v) is 3.67. The lowest BCUT2D eigenvalue weighted by Gasteiger charge is -2.23. The molecule has 0 saturated heterocycles. The van der Waals surface area contributed by atoms with E-state index >= 15 is 0 Å². The molecule has 0 aliphatic carbocycles. The number of ether oxygens (including phenoxy) is 2. The number of nitrogens with one attached hydrogen (secondary N) is 2. The summed E-state index contributed by atoms with van der Waals surface area (Å²) in [7, 11) is 1.21. The molecule has 0 radical (unpaired) electrons. The standard InChI is InChI=1S/C19H25BrN2O5/c1-12(20)15(17(24)26-5)22-16(23)14(11-13-9-7-6-8-10-13)21-18(25)27-19(2,3)4/h6-10,14H,11H2,1-5H3,(H,21,25)(H,22,23)/b15-12+. The number of benzene rings is 1. The van der Waals surface area contributed by atoms with Crippen LogP contribution in [0.3, 0.4) is 0 Å². The molecule has 8 heteroatoms. The van der Waals surface area contributed by atoms with Crippen LogP contribution in [-0.4, -0.2) is 36.7 Å². The van der Waals surface area contributed by atoms with Gasteiger partial charge in [-0.2, -0.15) is 0 Å². The highest BCUT2D eigenvalue weighted by Gasteiger charge is 2.27. The Kier molecular flexibility index (Phi) is 8.49. The van der Waals surface area contributed by atoms with E-state index in [9.17, 15) is 14.4 Å². The van der Waals surface area contributed by atoms with Crippen molar-refractivity contribution in [3.05, 3.63) is 46.1 Å². The summed E-state index contributed by atoms with van der Waals surface area (Å²) in [4.78, 5) is 36.7. The highest BCUT2D eigenvalue weighted by Crippen LogP contribution is 2.12. The summed E-state index contributed by atoms with van der Waals surface area (Å²) < 4.78 is 10.3. The van der Waals surface area contributed by atoms with Crippen molar-refractivity contribution in [1.82, 2.24) is 10.6 Å². The van der Waals surface area contributed by atoms with Crippen LogP contribution in [0.1, 0.15) is 33.3 Å². The quantitative estimate of drug-likeness (QED) is 0.523. The van der Waals surface area contributed by atoms with Gasteiger partial charge >= 0.3 is 12.1 Å². The molecule has 0 aliphatic heterocycles. The lowest BCUT2D eigenvalue weighted by atomic mass is 10.1. The van der Waals surface area contributed by atoms with Gasteiger partial charge in [0.15, 0.2) is 0 Å². The van der Waals surface area contributed by atoms with Gasteiger partial charge in [-0.1, -0.05) is 46.3 Å². The highest BCUT2D eigenvalue weighted by molar-refractivity contribution is 9.11. The number of rotatable bonds is 6. The van der Waals surface area contributed by atoms with Gasteiger partial charge in [0.1, 0.15) is 17.3 Å². The molecule has 27 heavy (non-hydrogen) atoms. The fourth-order valence-electron chi connectivity index (χ4n) is 2.10. The fraction of sp³-hybridized carbons (Fsp3) is 0.421. The Morgan fingerprint density at radius 3 is 2.22 bits per heavy atom. The molecule has 0 aliphatic rings. The first-order valence-corrected chi connectivity index (χ1v) is 9.11. The second-order valence-corrected chi connectivity index (χ2v) is 7.97. The number of halogens is 1. The third kappa shape index (κ3) is 8.25. The van der Waals surface area contributed by atoms with Crippen molar-refractivity contribution in [1.29, 1.82) is 0 Å². The van der Waals surface area contributed by atoms with Crippen molar-refractivity contribution >= 4 is 33.9 Å². The monoisotopic (exact) mass is 440 g/mol. The minimum atomic E-state index is -0.950. The van der Waals surface area contributed by atoms with E-state index in [-0.39, 0.29) is 12.1 Å². The summed E-state index contributed by atoms with van der Waals surface area (Å²) in [6.07, 6.45) is -0.500. The van der Waals surface area contributed by atoms with E-state index in [1.165, 1.54) is 7.11 Å². The van der Waals surface area contributed by atoms with Crippen molar-refractivity contribution in [2.24, 2.45) is 0 Å². The second-order valence-electron chi connectivity index (χ2n) is 6.78. The number of esters is 1. The molecule has 1 aromatic carbocycles. The average Bonchev–Trinajstić information content (AvgIpc) is 2.57. The van der Waals surface area contributed by atoms with Gasteiger partial charge < -0.3 is 20.1 Å². The van der Waals surface area contributed by atoms with E-state index in [2.05, 4.69) is 31.3 Å². The van der Waals surface area contributed by atoms with Gasteiger partial charge in [0, 0.05) is 10.9 Å². The molecular formula is C19H25BrN2O5. The molecule has 1 unspecified atom stereocenters.